The third-order valence-electron chi connectivity index (χ3n) is 11.0. The lowest BCUT2D eigenvalue weighted by atomic mass is 9.81. The fourth-order valence-electron chi connectivity index (χ4n) is 7.68. The zero-order valence-corrected chi connectivity index (χ0v) is 35.3. The Balaban J connectivity index is 1.15. The van der Waals surface area contributed by atoms with Crippen molar-refractivity contribution in [3.8, 4) is 34.0 Å². The lowest BCUT2D eigenvalue weighted by molar-refractivity contribution is -0.130. The quantitative estimate of drug-likeness (QED) is 0.109. The smallest absolute Gasteiger partial charge is 0.407 e. The lowest BCUT2D eigenvalue weighted by Crippen LogP contribution is -2.48. The highest BCUT2D eigenvalue weighted by molar-refractivity contribution is 5.98. The number of amides is 4. The van der Waals surface area contributed by atoms with Gasteiger partial charge in [0.2, 0.25) is 17.6 Å². The van der Waals surface area contributed by atoms with Crippen molar-refractivity contribution in [3.63, 3.8) is 0 Å². The summed E-state index contributed by atoms with van der Waals surface area (Å²) in [6.07, 6.45) is 4.34. The van der Waals surface area contributed by atoms with Gasteiger partial charge >= 0.3 is 6.09 Å². The highest BCUT2D eigenvalue weighted by Gasteiger charge is 2.31. The van der Waals surface area contributed by atoms with Crippen molar-refractivity contribution in [2.75, 3.05) is 46.2 Å². The summed E-state index contributed by atoms with van der Waals surface area (Å²) in [6.45, 7) is 7.80. The molecule has 3 aromatic carbocycles. The average molecular weight is 824 g/mol. The number of ether oxygens (including phenoxy) is 3. The lowest BCUT2D eigenvalue weighted by Gasteiger charge is -2.29. The number of alkyl carbamates (subject to hydrolysis) is 1. The first-order valence-electron chi connectivity index (χ1n) is 20.5. The second-order valence-corrected chi connectivity index (χ2v) is 16.7. The van der Waals surface area contributed by atoms with E-state index in [0.29, 0.717) is 53.5 Å². The van der Waals surface area contributed by atoms with Gasteiger partial charge in [0.25, 0.3) is 5.91 Å². The molecule has 1 atom stereocenters. The van der Waals surface area contributed by atoms with Crippen LogP contribution in [0.2, 0.25) is 0 Å². The van der Waals surface area contributed by atoms with Crippen LogP contribution in [0.1, 0.15) is 75.2 Å². The van der Waals surface area contributed by atoms with Crippen LogP contribution in [0.3, 0.4) is 0 Å². The number of hydrogen-bond donors (Lipinski definition) is 5. The molecule has 320 valence electrons. The first-order valence-corrected chi connectivity index (χ1v) is 20.5. The minimum atomic E-state index is -0.891. The normalized spacial score (nSPS) is 17.8. The second-order valence-electron chi connectivity index (χ2n) is 16.7. The van der Waals surface area contributed by atoms with Crippen LogP contribution in [0.15, 0.2) is 60.7 Å². The molecule has 1 aromatic heterocycles. The highest BCUT2D eigenvalue weighted by Crippen LogP contribution is 2.40. The summed E-state index contributed by atoms with van der Waals surface area (Å²) < 4.78 is 17.0. The minimum Gasteiger partial charge on any atom is -0.496 e. The predicted molar refractivity (Wildman–Crippen MR) is 227 cm³/mol. The van der Waals surface area contributed by atoms with E-state index in [9.17, 15) is 19.2 Å². The molecule has 4 aromatic rings. The number of nitrogens with one attached hydrogen (secondary N) is 5. The summed E-state index contributed by atoms with van der Waals surface area (Å²) >= 11 is 0. The Bertz CT molecular complexity index is 2040. The molecule has 4 amide bonds. The molecule has 0 radical (unpaired) electrons. The van der Waals surface area contributed by atoms with E-state index in [1.165, 1.54) is 0 Å². The molecule has 0 unspecified atom stereocenters. The van der Waals surface area contributed by atoms with Crippen LogP contribution < -0.4 is 30.7 Å². The van der Waals surface area contributed by atoms with E-state index in [1.807, 2.05) is 45.0 Å². The van der Waals surface area contributed by atoms with Gasteiger partial charge in [0.05, 0.1) is 19.8 Å². The number of H-pyrrole nitrogens is 1. The number of aromatic nitrogens is 4. The summed E-state index contributed by atoms with van der Waals surface area (Å²) in [5.74, 6) is 0.617. The molecule has 60 heavy (non-hydrogen) atoms. The number of anilines is 1. The number of tetrazole rings is 1. The van der Waals surface area contributed by atoms with Crippen LogP contribution in [0.4, 0.5) is 10.5 Å². The molecule has 2 heterocycles. The Hall–Kier alpha value is -6.03. The summed E-state index contributed by atoms with van der Waals surface area (Å²) in [6, 6.07) is 17.3. The molecule has 0 spiro atoms. The zero-order chi connectivity index (χ0) is 42.8. The van der Waals surface area contributed by atoms with Gasteiger partial charge in [0.15, 0.2) is 0 Å². The zero-order valence-electron chi connectivity index (χ0n) is 35.3. The Kier molecular flexibility index (Phi) is 14.4. The van der Waals surface area contributed by atoms with Crippen molar-refractivity contribution in [1.82, 2.24) is 41.5 Å². The van der Waals surface area contributed by atoms with Gasteiger partial charge in [0.1, 0.15) is 23.1 Å². The summed E-state index contributed by atoms with van der Waals surface area (Å²) in [4.78, 5) is 55.5. The largest absolute Gasteiger partial charge is 0.496 e. The van der Waals surface area contributed by atoms with Gasteiger partial charge in [-0.25, -0.2) is 4.79 Å². The van der Waals surface area contributed by atoms with Crippen LogP contribution >= 0.6 is 0 Å². The molecule has 6 rings (SSSR count). The van der Waals surface area contributed by atoms with E-state index in [1.54, 1.807) is 50.6 Å². The third-order valence-corrected chi connectivity index (χ3v) is 11.0. The molecule has 1 saturated carbocycles. The van der Waals surface area contributed by atoms with E-state index in [0.717, 1.165) is 55.5 Å². The Labute approximate surface area is 350 Å². The summed E-state index contributed by atoms with van der Waals surface area (Å²) in [7, 11) is 5.20. The van der Waals surface area contributed by atoms with Gasteiger partial charge in [-0.1, -0.05) is 24.3 Å². The number of rotatable bonds is 14. The summed E-state index contributed by atoms with van der Waals surface area (Å²) in [5, 5.41) is 26.1. The molecule has 1 aliphatic heterocycles. The molecule has 16 nitrogen and oxygen atoms in total. The highest BCUT2D eigenvalue weighted by atomic mass is 16.6. The Morgan fingerprint density at radius 1 is 0.867 bits per heavy atom. The van der Waals surface area contributed by atoms with E-state index < -0.39 is 17.7 Å². The number of benzene rings is 3. The second kappa shape index (κ2) is 19.8. The van der Waals surface area contributed by atoms with Crippen LogP contribution in [-0.2, 0) is 20.7 Å². The van der Waals surface area contributed by atoms with Crippen LogP contribution in [0.5, 0.6) is 11.5 Å². The molecular formula is C44H57N9O7. The number of piperidine rings is 1. The maximum atomic E-state index is 13.9. The van der Waals surface area contributed by atoms with Gasteiger partial charge in [-0.15, -0.1) is 10.2 Å². The number of likely N-dealkylation sites (tertiary alicyclic amines) is 1. The number of methoxy groups -OCH3 is 2. The molecule has 2 fully saturated rings. The van der Waals surface area contributed by atoms with E-state index in [2.05, 4.69) is 53.8 Å². The monoisotopic (exact) mass is 823 g/mol. The minimum absolute atomic E-state index is 0.103. The molecule has 16 heteroatoms. The Morgan fingerprint density at radius 3 is 2.08 bits per heavy atom. The number of carbonyl (C=O) groups excluding carboxylic acids is 4. The molecule has 1 saturated heterocycles. The number of nitrogens with zero attached hydrogens (tertiary/aromatic N) is 4. The molecular weight excluding hydrogens is 767 g/mol. The number of aromatic amines is 1. The first kappa shape index (κ1) is 43.5. The van der Waals surface area contributed by atoms with Gasteiger partial charge in [-0.05, 0) is 138 Å². The van der Waals surface area contributed by atoms with Gasteiger partial charge in [-0.3, -0.25) is 14.4 Å². The van der Waals surface area contributed by atoms with Gasteiger partial charge < -0.3 is 40.4 Å². The third kappa shape index (κ3) is 11.8. The number of hydrogen-bond acceptors (Lipinski definition) is 11. The molecule has 5 N–H and O–H groups in total. The van der Waals surface area contributed by atoms with Crippen LogP contribution in [-0.4, -0.2) is 108 Å². The first-order chi connectivity index (χ1) is 28.8. The Morgan fingerprint density at radius 2 is 1.50 bits per heavy atom. The van der Waals surface area contributed by atoms with Gasteiger partial charge in [0, 0.05) is 41.7 Å². The topological polar surface area (TPSA) is 202 Å². The maximum absolute atomic E-state index is 13.9. The molecule has 2 aliphatic rings. The fraction of sp³-hybridized carbons (Fsp3) is 0.477. The van der Waals surface area contributed by atoms with Crippen molar-refractivity contribution in [3.05, 3.63) is 71.8 Å². The van der Waals surface area contributed by atoms with Crippen LogP contribution in [0, 0.1) is 11.8 Å². The van der Waals surface area contributed by atoms with Crippen molar-refractivity contribution in [1.29, 1.82) is 0 Å². The SMILES string of the molecule is COc1cc(C(=O)NC2CCN(C)CC2)cc(OC)c1-c1ccc(C[C@H](NC(=O)C2CCC(CNC(=O)OC(C)(C)C)CC2)C(=O)Nc2ccc(-c3nn[nH]n3)cc2)cc1. The average Bonchev–Trinajstić information content (AvgIpc) is 3.78. The fourth-order valence-corrected chi connectivity index (χ4v) is 7.68. The van der Waals surface area contributed by atoms with Crippen molar-refractivity contribution < 1.29 is 33.4 Å². The van der Waals surface area contributed by atoms with Gasteiger partial charge in [-0.2, -0.15) is 5.21 Å². The van der Waals surface area contributed by atoms with Crippen molar-refractivity contribution in [2.45, 2.75) is 83.4 Å². The van der Waals surface area contributed by atoms with Crippen LogP contribution in [0.25, 0.3) is 22.5 Å². The van der Waals surface area contributed by atoms with E-state index in [4.69, 9.17) is 14.2 Å². The predicted octanol–water partition coefficient (Wildman–Crippen LogP) is 5.37. The standard InChI is InChI=1S/C44H57N9O7/c1-44(2,3)60-43(57)45-26-28-9-13-31(14-10-28)40(54)48-35(42(56)47-33-17-15-30(16-18-33)39-49-51-52-50-39)23-27-7-11-29(12-8-27)38-36(58-5)24-32(25-37(38)59-6)41(55)46-34-19-21-53(4)22-20-34/h7-8,11-12,15-18,24-25,28,31,34-35H,9-10,13-14,19-23,26H2,1-6H3,(H,45,57)(H,46,55)(H,47,56)(H,48,54)(H,49,50,51,52)/t28?,31?,35-/m0/s1. The maximum Gasteiger partial charge on any atom is 0.407 e. The van der Waals surface area contributed by atoms with Crippen molar-refractivity contribution >= 4 is 29.5 Å². The molecule has 1 aliphatic carbocycles. The molecule has 0 bridgehead atoms. The van der Waals surface area contributed by atoms with Crippen molar-refractivity contribution in [2.24, 2.45) is 11.8 Å². The van der Waals surface area contributed by atoms with E-state index >= 15 is 0 Å². The summed E-state index contributed by atoms with van der Waals surface area (Å²) in [5.41, 5.74) is 3.43. The number of carbonyl (C=O) groups is 4. The van der Waals surface area contributed by atoms with E-state index in [-0.39, 0.29) is 42.0 Å².